The predicted molar refractivity (Wildman–Crippen MR) is 131 cm³/mol. The molecule has 1 fully saturated rings. The van der Waals surface area contributed by atoms with Crippen molar-refractivity contribution < 1.29 is 22.4 Å². The van der Waals surface area contributed by atoms with Crippen molar-refractivity contribution in [1.82, 2.24) is 14.8 Å². The van der Waals surface area contributed by atoms with Gasteiger partial charge in [0, 0.05) is 18.3 Å². The van der Waals surface area contributed by atoms with Gasteiger partial charge in [-0.2, -0.15) is 5.10 Å². The zero-order valence-corrected chi connectivity index (χ0v) is 19.9. The van der Waals surface area contributed by atoms with Gasteiger partial charge in [-0.15, -0.1) is 0 Å². The topological polar surface area (TPSA) is 136 Å². The second kappa shape index (κ2) is 8.66. The predicted octanol–water partition coefficient (Wildman–Crippen LogP) is 3.57. The third kappa shape index (κ3) is 4.54. The fourth-order valence-electron chi connectivity index (χ4n) is 4.30. The molecule has 35 heavy (non-hydrogen) atoms. The van der Waals surface area contributed by atoms with E-state index in [1.54, 1.807) is 54.1 Å². The number of aromatic nitrogens is 3. The van der Waals surface area contributed by atoms with E-state index in [4.69, 9.17) is 9.40 Å². The third-order valence-electron chi connectivity index (χ3n) is 5.87. The molecule has 4 aromatic rings. The van der Waals surface area contributed by atoms with Crippen LogP contribution in [0.15, 0.2) is 53.1 Å². The van der Waals surface area contributed by atoms with Crippen molar-refractivity contribution in [3.8, 4) is 11.5 Å². The van der Waals surface area contributed by atoms with Crippen molar-refractivity contribution in [3.63, 3.8) is 0 Å². The number of benzene rings is 1. The van der Waals surface area contributed by atoms with Gasteiger partial charge in [-0.05, 0) is 55.8 Å². The van der Waals surface area contributed by atoms with Crippen molar-refractivity contribution in [2.45, 2.75) is 26.3 Å². The Hall–Kier alpha value is -3.99. The van der Waals surface area contributed by atoms with E-state index in [1.807, 2.05) is 0 Å². The lowest BCUT2D eigenvalue weighted by atomic mass is 10.1. The van der Waals surface area contributed by atoms with Gasteiger partial charge in [0.15, 0.2) is 21.2 Å². The van der Waals surface area contributed by atoms with Gasteiger partial charge in [-0.25, -0.2) is 18.1 Å². The number of rotatable bonds is 5. The van der Waals surface area contributed by atoms with Crippen LogP contribution in [0.2, 0.25) is 0 Å². The number of hydrogen-bond acceptors (Lipinski definition) is 7. The van der Waals surface area contributed by atoms with Gasteiger partial charge in [-0.3, -0.25) is 9.59 Å². The molecular weight excluding hydrogens is 470 g/mol. The monoisotopic (exact) mass is 493 g/mol. The Morgan fingerprint density at radius 2 is 1.83 bits per heavy atom. The highest BCUT2D eigenvalue weighted by atomic mass is 32.2. The van der Waals surface area contributed by atoms with Crippen molar-refractivity contribution in [2.24, 2.45) is 0 Å². The van der Waals surface area contributed by atoms with E-state index < -0.39 is 9.84 Å². The molecule has 3 aromatic heterocycles. The zero-order chi connectivity index (χ0) is 24.7. The van der Waals surface area contributed by atoms with Crippen molar-refractivity contribution in [1.29, 1.82) is 0 Å². The lowest BCUT2D eigenvalue weighted by Gasteiger charge is -2.12. The SMILES string of the molecule is CC(=O)Nc1ccc(NC(=O)c2cc(-c3ccco3)nc3c2c(C)nn3[C@@H]2CCS(=O)(=O)C2)cc1. The standard InChI is InChI=1S/C24H23N5O5S/c1-14-22-19(24(31)26-17-7-5-16(6-8-17)25-15(2)30)12-20(21-4-3-10-34-21)27-23(22)29(28-14)18-9-11-35(32,33)13-18/h3-8,10,12,18H,9,11,13H2,1-2H3,(H,25,30)(H,26,31)/t18-/m1/s1. The Morgan fingerprint density at radius 3 is 2.43 bits per heavy atom. The van der Waals surface area contributed by atoms with E-state index in [0.717, 1.165) is 0 Å². The normalized spacial score (nSPS) is 16.9. The molecule has 1 aliphatic heterocycles. The summed E-state index contributed by atoms with van der Waals surface area (Å²) in [5.74, 6) is -0.00581. The molecule has 4 heterocycles. The molecule has 0 aliphatic carbocycles. The number of hydrogen-bond donors (Lipinski definition) is 2. The molecule has 1 atom stereocenters. The summed E-state index contributed by atoms with van der Waals surface area (Å²) < 4.78 is 31.4. The average Bonchev–Trinajstić information content (AvgIpc) is 3.53. The van der Waals surface area contributed by atoms with Crippen LogP contribution in [0.3, 0.4) is 0 Å². The fraction of sp³-hybridized carbons (Fsp3) is 0.250. The van der Waals surface area contributed by atoms with Gasteiger partial charge in [-0.1, -0.05) is 0 Å². The number of fused-ring (bicyclic) bond motifs is 1. The highest BCUT2D eigenvalue weighted by Crippen LogP contribution is 2.32. The molecule has 2 N–H and O–H groups in total. The van der Waals surface area contributed by atoms with E-state index >= 15 is 0 Å². The lowest BCUT2D eigenvalue weighted by molar-refractivity contribution is -0.114. The van der Waals surface area contributed by atoms with Gasteiger partial charge >= 0.3 is 0 Å². The average molecular weight is 494 g/mol. The number of aryl methyl sites for hydroxylation is 1. The summed E-state index contributed by atoms with van der Waals surface area (Å²) in [6.45, 7) is 3.19. The van der Waals surface area contributed by atoms with Crippen LogP contribution in [-0.2, 0) is 14.6 Å². The first-order valence-corrected chi connectivity index (χ1v) is 12.9. The molecule has 1 aromatic carbocycles. The van der Waals surface area contributed by atoms with Crippen molar-refractivity contribution in [2.75, 3.05) is 22.1 Å². The summed E-state index contributed by atoms with van der Waals surface area (Å²) in [5, 5.41) is 10.7. The summed E-state index contributed by atoms with van der Waals surface area (Å²) in [7, 11) is -3.15. The number of nitrogens with one attached hydrogen (secondary N) is 2. The molecule has 0 bridgehead atoms. The molecule has 0 radical (unpaired) electrons. The highest BCUT2D eigenvalue weighted by molar-refractivity contribution is 7.91. The number of amides is 2. The summed E-state index contributed by atoms with van der Waals surface area (Å²) in [6.07, 6.45) is 1.96. The number of furan rings is 1. The molecule has 0 unspecified atom stereocenters. The smallest absolute Gasteiger partial charge is 0.256 e. The summed E-state index contributed by atoms with van der Waals surface area (Å²) >= 11 is 0. The minimum absolute atomic E-state index is 0.0158. The maximum atomic E-state index is 13.4. The van der Waals surface area contributed by atoms with Crippen molar-refractivity contribution in [3.05, 3.63) is 60.0 Å². The molecular formula is C24H23N5O5S. The molecule has 5 rings (SSSR count). The van der Waals surface area contributed by atoms with Crippen LogP contribution in [0.5, 0.6) is 0 Å². The number of sulfone groups is 1. The van der Waals surface area contributed by atoms with Crippen LogP contribution in [0.25, 0.3) is 22.5 Å². The molecule has 1 saturated heterocycles. The van der Waals surface area contributed by atoms with Crippen LogP contribution < -0.4 is 10.6 Å². The third-order valence-corrected chi connectivity index (χ3v) is 7.62. The molecule has 180 valence electrons. The number of carbonyl (C=O) groups is 2. The van der Waals surface area contributed by atoms with Crippen LogP contribution in [-0.4, -0.2) is 46.5 Å². The van der Waals surface area contributed by atoms with Gasteiger partial charge in [0.05, 0.1) is 40.5 Å². The quantitative estimate of drug-likeness (QED) is 0.434. The Kier molecular flexibility index (Phi) is 5.64. The second-order valence-electron chi connectivity index (χ2n) is 8.53. The zero-order valence-electron chi connectivity index (χ0n) is 19.1. The molecule has 0 spiro atoms. The molecule has 1 aliphatic rings. The Bertz CT molecular complexity index is 1540. The van der Waals surface area contributed by atoms with Gasteiger partial charge in [0.25, 0.3) is 5.91 Å². The van der Waals surface area contributed by atoms with E-state index in [-0.39, 0.29) is 29.4 Å². The Labute approximate surface area is 201 Å². The van der Waals surface area contributed by atoms with Crippen LogP contribution in [0.1, 0.15) is 35.4 Å². The van der Waals surface area contributed by atoms with Crippen molar-refractivity contribution >= 4 is 44.1 Å². The lowest BCUT2D eigenvalue weighted by Crippen LogP contribution is -2.15. The minimum Gasteiger partial charge on any atom is -0.463 e. The minimum atomic E-state index is -3.15. The molecule has 11 heteroatoms. The van der Waals surface area contributed by atoms with Crippen LogP contribution in [0, 0.1) is 6.92 Å². The van der Waals surface area contributed by atoms with Crippen LogP contribution in [0.4, 0.5) is 11.4 Å². The number of pyridine rings is 1. The largest absolute Gasteiger partial charge is 0.463 e. The first-order valence-electron chi connectivity index (χ1n) is 11.0. The Morgan fingerprint density at radius 1 is 1.11 bits per heavy atom. The summed E-state index contributed by atoms with van der Waals surface area (Å²) in [4.78, 5) is 29.4. The molecule has 0 saturated carbocycles. The second-order valence-corrected chi connectivity index (χ2v) is 10.8. The number of carbonyl (C=O) groups excluding carboxylic acids is 2. The number of anilines is 2. The van der Waals surface area contributed by atoms with E-state index in [2.05, 4.69) is 15.7 Å². The van der Waals surface area contributed by atoms with Gasteiger partial charge < -0.3 is 15.1 Å². The van der Waals surface area contributed by atoms with E-state index in [0.29, 0.717) is 51.5 Å². The summed E-state index contributed by atoms with van der Waals surface area (Å²) in [6, 6.07) is 11.5. The van der Waals surface area contributed by atoms with Gasteiger partial charge in [0.2, 0.25) is 5.91 Å². The van der Waals surface area contributed by atoms with E-state index in [1.165, 1.54) is 13.2 Å². The highest BCUT2D eigenvalue weighted by Gasteiger charge is 2.32. The maximum Gasteiger partial charge on any atom is 0.256 e. The first-order chi connectivity index (χ1) is 16.7. The van der Waals surface area contributed by atoms with Gasteiger partial charge in [0.1, 0.15) is 5.69 Å². The van der Waals surface area contributed by atoms with Crippen LogP contribution >= 0.6 is 0 Å². The summed E-state index contributed by atoms with van der Waals surface area (Å²) in [5.41, 5.74) is 2.96. The molecule has 2 amide bonds. The molecule has 10 nitrogen and oxygen atoms in total. The Balaban J connectivity index is 1.57. The van der Waals surface area contributed by atoms with E-state index in [9.17, 15) is 18.0 Å². The fourth-order valence-corrected chi connectivity index (χ4v) is 6.00. The first kappa shape index (κ1) is 22.8. The maximum absolute atomic E-state index is 13.4. The number of nitrogens with zero attached hydrogens (tertiary/aromatic N) is 3.